The van der Waals surface area contributed by atoms with E-state index in [0.717, 1.165) is 66.7 Å². The fourth-order valence-corrected chi connectivity index (χ4v) is 5.74. The van der Waals surface area contributed by atoms with E-state index in [9.17, 15) is 17.6 Å². The van der Waals surface area contributed by atoms with Gasteiger partial charge in [0.1, 0.15) is 5.82 Å². The second-order valence-electron chi connectivity index (χ2n) is 9.84. The Bertz CT molecular complexity index is 2060. The highest BCUT2D eigenvalue weighted by Crippen LogP contribution is 2.46. The minimum atomic E-state index is -1.50. The van der Waals surface area contributed by atoms with Crippen molar-refractivity contribution < 1.29 is 17.6 Å². The highest BCUT2D eigenvalue weighted by molar-refractivity contribution is 6.24. The van der Waals surface area contributed by atoms with Crippen LogP contribution in [0.1, 0.15) is 0 Å². The Kier molecular flexibility index (Phi) is 5.64. The minimum Gasteiger partial charge on any atom is -0.207 e. The smallest absolute Gasteiger partial charge is 0.194 e. The van der Waals surface area contributed by atoms with E-state index in [-0.39, 0.29) is 11.4 Å². The lowest BCUT2D eigenvalue weighted by molar-refractivity contribution is 0.448. The van der Waals surface area contributed by atoms with Crippen molar-refractivity contribution in [3.05, 3.63) is 145 Å². The molecule has 0 heterocycles. The van der Waals surface area contributed by atoms with E-state index in [1.807, 2.05) is 60.7 Å². The van der Waals surface area contributed by atoms with Crippen molar-refractivity contribution in [2.24, 2.45) is 0 Å². The van der Waals surface area contributed by atoms with Crippen molar-refractivity contribution in [2.45, 2.75) is 0 Å². The van der Waals surface area contributed by atoms with Gasteiger partial charge in [0, 0.05) is 0 Å². The van der Waals surface area contributed by atoms with Gasteiger partial charge in [0.05, 0.1) is 0 Å². The number of halogens is 4. The normalized spacial score (nSPS) is 11.5. The van der Waals surface area contributed by atoms with Gasteiger partial charge in [-0.15, -0.1) is 0 Å². The Balaban J connectivity index is 1.67. The lowest BCUT2D eigenvalue weighted by atomic mass is 9.83. The van der Waals surface area contributed by atoms with Crippen LogP contribution in [0.25, 0.3) is 65.7 Å². The van der Waals surface area contributed by atoms with E-state index in [1.165, 1.54) is 12.1 Å². The molecule has 0 amide bonds. The molecule has 0 saturated carbocycles. The first-order valence-electron chi connectivity index (χ1n) is 12.9. The van der Waals surface area contributed by atoms with Crippen LogP contribution < -0.4 is 0 Å². The summed E-state index contributed by atoms with van der Waals surface area (Å²) in [6.07, 6.45) is 0. The van der Waals surface area contributed by atoms with Crippen molar-refractivity contribution in [3.8, 4) is 33.4 Å². The Labute approximate surface area is 227 Å². The topological polar surface area (TPSA) is 0 Å². The molecule has 0 unspecified atom stereocenters. The van der Waals surface area contributed by atoms with Gasteiger partial charge in [-0.2, -0.15) is 0 Å². The number of benzene rings is 7. The van der Waals surface area contributed by atoms with Crippen LogP contribution in [0.5, 0.6) is 0 Å². The molecule has 0 N–H and O–H groups in total. The summed E-state index contributed by atoms with van der Waals surface area (Å²) in [6, 6.07) is 36.2. The van der Waals surface area contributed by atoms with Crippen LogP contribution >= 0.6 is 0 Å². The molecular formula is C36H20F4. The van der Waals surface area contributed by atoms with Gasteiger partial charge < -0.3 is 0 Å². The van der Waals surface area contributed by atoms with Gasteiger partial charge in [0.15, 0.2) is 17.5 Å². The molecule has 0 aliphatic rings. The maximum Gasteiger partial charge on any atom is 0.194 e. The molecule has 40 heavy (non-hydrogen) atoms. The number of hydrogen-bond donors (Lipinski definition) is 0. The second kappa shape index (κ2) is 9.35. The monoisotopic (exact) mass is 528 g/mol. The van der Waals surface area contributed by atoms with Crippen LogP contribution in [0.3, 0.4) is 0 Å². The largest absolute Gasteiger partial charge is 0.207 e. The van der Waals surface area contributed by atoms with Gasteiger partial charge in [-0.3, -0.25) is 0 Å². The maximum atomic E-state index is 14.6. The lowest BCUT2D eigenvalue weighted by Crippen LogP contribution is -1.95. The summed E-state index contributed by atoms with van der Waals surface area (Å²) in [6.45, 7) is 0. The summed E-state index contributed by atoms with van der Waals surface area (Å²) in [5.74, 6) is -4.34. The molecule has 192 valence electrons. The second-order valence-corrected chi connectivity index (χ2v) is 9.84. The number of fused-ring (bicyclic) bond motifs is 3. The molecule has 0 aromatic heterocycles. The molecule has 0 nitrogen and oxygen atoms in total. The van der Waals surface area contributed by atoms with E-state index in [1.54, 1.807) is 12.1 Å². The van der Waals surface area contributed by atoms with Gasteiger partial charge in [0.25, 0.3) is 0 Å². The zero-order valence-electron chi connectivity index (χ0n) is 21.1. The molecule has 0 saturated heterocycles. The molecular weight excluding hydrogens is 508 g/mol. The standard InChI is InChI=1S/C36H20F4/c37-25-15-12-21(13-16-25)23-14-17-30-31(18-23)34(24-19-32(38)36(40)33(39)20-24)28-9-3-4-10-29(28)35(30)27-11-5-7-22-6-1-2-8-26(22)27/h1-20H. The first-order valence-corrected chi connectivity index (χ1v) is 12.9. The minimum absolute atomic E-state index is 0.235. The Morgan fingerprint density at radius 2 is 0.950 bits per heavy atom. The summed E-state index contributed by atoms with van der Waals surface area (Å²) in [4.78, 5) is 0. The van der Waals surface area contributed by atoms with Gasteiger partial charge in [-0.05, 0) is 96.0 Å². The van der Waals surface area contributed by atoms with Crippen molar-refractivity contribution >= 4 is 32.3 Å². The van der Waals surface area contributed by atoms with Crippen LogP contribution in [0.2, 0.25) is 0 Å². The fourth-order valence-electron chi connectivity index (χ4n) is 5.74. The van der Waals surface area contributed by atoms with E-state index >= 15 is 0 Å². The van der Waals surface area contributed by atoms with E-state index in [0.29, 0.717) is 5.56 Å². The van der Waals surface area contributed by atoms with Gasteiger partial charge in [0.2, 0.25) is 0 Å². The lowest BCUT2D eigenvalue weighted by Gasteiger charge is -2.20. The van der Waals surface area contributed by atoms with Gasteiger partial charge in [-0.1, -0.05) is 91.0 Å². The molecule has 7 aromatic carbocycles. The molecule has 0 bridgehead atoms. The number of rotatable bonds is 3. The SMILES string of the molecule is Fc1ccc(-c2ccc3c(-c4cccc5ccccc45)c4ccccc4c(-c4cc(F)c(F)c(F)c4)c3c2)cc1. The van der Waals surface area contributed by atoms with Crippen LogP contribution in [0.15, 0.2) is 121 Å². The Hall–Kier alpha value is -4.96. The third-order valence-electron chi connectivity index (χ3n) is 7.53. The summed E-state index contributed by atoms with van der Waals surface area (Å²) in [5.41, 5.74) is 4.45. The molecule has 0 aliphatic carbocycles. The molecule has 7 rings (SSSR count). The van der Waals surface area contributed by atoms with Crippen molar-refractivity contribution in [2.75, 3.05) is 0 Å². The zero-order valence-corrected chi connectivity index (χ0v) is 21.1. The average Bonchev–Trinajstić information content (AvgIpc) is 2.98. The number of hydrogen-bond acceptors (Lipinski definition) is 0. The van der Waals surface area contributed by atoms with Crippen LogP contribution in [-0.4, -0.2) is 0 Å². The molecule has 0 aliphatic heterocycles. The zero-order chi connectivity index (χ0) is 27.4. The third-order valence-corrected chi connectivity index (χ3v) is 7.53. The summed E-state index contributed by atoms with van der Waals surface area (Å²) < 4.78 is 56.9. The molecule has 4 heteroatoms. The molecule has 0 spiro atoms. The first-order chi connectivity index (χ1) is 19.5. The summed E-state index contributed by atoms with van der Waals surface area (Å²) in [5, 5.41) is 5.47. The van der Waals surface area contributed by atoms with Gasteiger partial charge >= 0.3 is 0 Å². The predicted molar refractivity (Wildman–Crippen MR) is 155 cm³/mol. The first kappa shape index (κ1) is 24.1. The van der Waals surface area contributed by atoms with Crippen molar-refractivity contribution in [1.29, 1.82) is 0 Å². The van der Waals surface area contributed by atoms with Crippen LogP contribution in [0.4, 0.5) is 17.6 Å². The fraction of sp³-hybridized carbons (Fsp3) is 0. The Morgan fingerprint density at radius 3 is 1.68 bits per heavy atom. The Morgan fingerprint density at radius 1 is 0.375 bits per heavy atom. The summed E-state index contributed by atoms with van der Waals surface area (Å²) >= 11 is 0. The quantitative estimate of drug-likeness (QED) is 0.122. The average molecular weight is 529 g/mol. The molecule has 0 fully saturated rings. The van der Waals surface area contributed by atoms with E-state index in [4.69, 9.17) is 0 Å². The van der Waals surface area contributed by atoms with Crippen LogP contribution in [-0.2, 0) is 0 Å². The van der Waals surface area contributed by atoms with E-state index in [2.05, 4.69) is 24.3 Å². The highest BCUT2D eigenvalue weighted by Gasteiger charge is 2.21. The molecule has 0 radical (unpaired) electrons. The van der Waals surface area contributed by atoms with E-state index < -0.39 is 17.5 Å². The van der Waals surface area contributed by atoms with Crippen molar-refractivity contribution in [1.82, 2.24) is 0 Å². The van der Waals surface area contributed by atoms with Gasteiger partial charge in [-0.25, -0.2) is 17.6 Å². The maximum absolute atomic E-state index is 14.6. The van der Waals surface area contributed by atoms with Crippen LogP contribution in [0, 0.1) is 23.3 Å². The molecule has 7 aromatic rings. The van der Waals surface area contributed by atoms with Crippen molar-refractivity contribution in [3.63, 3.8) is 0 Å². The predicted octanol–water partition coefficient (Wildman–Crippen LogP) is 10.7. The summed E-state index contributed by atoms with van der Waals surface area (Å²) in [7, 11) is 0. The third kappa shape index (κ3) is 3.84. The molecule has 0 atom stereocenters. The highest BCUT2D eigenvalue weighted by atomic mass is 19.2.